The van der Waals surface area contributed by atoms with Crippen LogP contribution in [0.1, 0.15) is 5.69 Å². The van der Waals surface area contributed by atoms with E-state index in [0.717, 1.165) is 6.20 Å². The number of hydrogen-bond donors (Lipinski definition) is 1. The number of aromatic nitrogens is 1. The second-order valence-electron chi connectivity index (χ2n) is 3.90. The summed E-state index contributed by atoms with van der Waals surface area (Å²) in [7, 11) is 0. The lowest BCUT2D eigenvalue weighted by molar-refractivity contribution is -0.141. The quantitative estimate of drug-likeness (QED) is 0.729. The van der Waals surface area contributed by atoms with Crippen LogP contribution < -0.4 is 10.5 Å². The van der Waals surface area contributed by atoms with Gasteiger partial charge in [-0.2, -0.15) is 13.2 Å². The average Bonchev–Trinajstić information content (AvgIpc) is 2.37. The summed E-state index contributed by atoms with van der Waals surface area (Å²) >= 11 is 17.4. The number of anilines is 1. The van der Waals surface area contributed by atoms with Crippen molar-refractivity contribution in [2.75, 3.05) is 5.73 Å². The molecular formula is C12H6Cl3F3N2O. The second kappa shape index (κ2) is 5.79. The lowest BCUT2D eigenvalue weighted by Gasteiger charge is -2.13. The molecule has 0 atom stereocenters. The Kier molecular flexibility index (Phi) is 4.41. The highest BCUT2D eigenvalue weighted by Crippen LogP contribution is 2.39. The molecule has 1 heterocycles. The van der Waals surface area contributed by atoms with E-state index in [2.05, 4.69) is 4.98 Å². The molecule has 0 aliphatic rings. The van der Waals surface area contributed by atoms with Gasteiger partial charge in [-0.15, -0.1) is 0 Å². The topological polar surface area (TPSA) is 48.1 Å². The predicted molar refractivity (Wildman–Crippen MR) is 75.2 cm³/mol. The summed E-state index contributed by atoms with van der Waals surface area (Å²) < 4.78 is 43.1. The minimum Gasteiger partial charge on any atom is -0.453 e. The van der Waals surface area contributed by atoms with Crippen molar-refractivity contribution in [2.45, 2.75) is 6.18 Å². The molecule has 0 aliphatic heterocycles. The van der Waals surface area contributed by atoms with Crippen LogP contribution in [-0.4, -0.2) is 4.98 Å². The van der Waals surface area contributed by atoms with E-state index in [1.165, 1.54) is 12.1 Å². The van der Waals surface area contributed by atoms with Crippen LogP contribution >= 0.6 is 34.8 Å². The minimum atomic E-state index is -4.62. The molecule has 2 N–H and O–H groups in total. The number of nitrogens with zero attached hydrogens (tertiary/aromatic N) is 1. The molecule has 0 saturated carbocycles. The van der Waals surface area contributed by atoms with Crippen molar-refractivity contribution < 1.29 is 17.9 Å². The Morgan fingerprint density at radius 1 is 0.952 bits per heavy atom. The van der Waals surface area contributed by atoms with Crippen LogP contribution in [0, 0.1) is 0 Å². The van der Waals surface area contributed by atoms with Crippen molar-refractivity contribution in [1.29, 1.82) is 0 Å². The van der Waals surface area contributed by atoms with Crippen molar-refractivity contribution in [1.82, 2.24) is 4.98 Å². The Bertz CT molecular complexity index is 692. The Hall–Kier alpha value is -1.37. The summed E-state index contributed by atoms with van der Waals surface area (Å²) in [5, 5.41) is 0.404. The highest BCUT2D eigenvalue weighted by atomic mass is 35.5. The van der Waals surface area contributed by atoms with Gasteiger partial charge in [0.2, 0.25) is 0 Å². The highest BCUT2D eigenvalue weighted by Gasteiger charge is 2.33. The maximum absolute atomic E-state index is 12.6. The van der Waals surface area contributed by atoms with E-state index in [0.29, 0.717) is 6.07 Å². The van der Waals surface area contributed by atoms with Gasteiger partial charge in [-0.25, -0.2) is 4.98 Å². The Morgan fingerprint density at radius 3 is 2.19 bits per heavy atom. The molecule has 21 heavy (non-hydrogen) atoms. The van der Waals surface area contributed by atoms with E-state index in [1.54, 1.807) is 0 Å². The molecule has 112 valence electrons. The summed E-state index contributed by atoms with van der Waals surface area (Å²) in [5.41, 5.74) is 4.33. The van der Waals surface area contributed by atoms with Crippen LogP contribution in [0.15, 0.2) is 24.4 Å². The number of benzene rings is 1. The summed E-state index contributed by atoms with van der Waals surface area (Å²) in [5.74, 6) is -0.213. The number of nitrogen functional groups attached to an aromatic ring is 1. The summed E-state index contributed by atoms with van der Waals surface area (Å²) in [6.45, 7) is 0. The van der Waals surface area contributed by atoms with Crippen LogP contribution in [0.3, 0.4) is 0 Å². The lowest BCUT2D eigenvalue weighted by atomic mass is 10.3. The van der Waals surface area contributed by atoms with Gasteiger partial charge in [0.15, 0.2) is 5.75 Å². The lowest BCUT2D eigenvalue weighted by Crippen LogP contribution is -2.08. The predicted octanol–water partition coefficient (Wildman–Crippen LogP) is 5.44. The standard InChI is InChI=1S/C12H6Cl3F3N2O/c13-5-1-7(15)9(2-6(5)14)21-10-3-11(12(16,17)18)20-4-8(10)19/h1-4H,19H2. The Balaban J connectivity index is 2.42. The largest absolute Gasteiger partial charge is 0.453 e. The number of hydrogen-bond acceptors (Lipinski definition) is 3. The first-order chi connectivity index (χ1) is 9.68. The summed E-state index contributed by atoms with van der Waals surface area (Å²) in [6.07, 6.45) is -3.77. The normalized spacial score (nSPS) is 11.5. The number of ether oxygens (including phenoxy) is 1. The fourth-order valence-electron chi connectivity index (χ4n) is 1.39. The van der Waals surface area contributed by atoms with Gasteiger partial charge in [-0.3, -0.25) is 0 Å². The van der Waals surface area contributed by atoms with Crippen molar-refractivity contribution in [3.8, 4) is 11.5 Å². The number of nitrogens with two attached hydrogens (primary N) is 1. The molecule has 0 aliphatic carbocycles. The van der Waals surface area contributed by atoms with Gasteiger partial charge < -0.3 is 10.5 Å². The molecule has 2 rings (SSSR count). The molecule has 0 amide bonds. The van der Waals surface area contributed by atoms with Gasteiger partial charge in [-0.1, -0.05) is 34.8 Å². The van der Waals surface area contributed by atoms with Crippen LogP contribution in [-0.2, 0) is 6.18 Å². The maximum Gasteiger partial charge on any atom is 0.433 e. The zero-order chi connectivity index (χ0) is 15.8. The first-order valence-electron chi connectivity index (χ1n) is 5.33. The van der Waals surface area contributed by atoms with Crippen LogP contribution in [0.2, 0.25) is 15.1 Å². The monoisotopic (exact) mass is 356 g/mol. The average molecular weight is 358 g/mol. The molecule has 3 nitrogen and oxygen atoms in total. The molecule has 1 aromatic heterocycles. The van der Waals surface area contributed by atoms with Crippen molar-refractivity contribution in [3.05, 3.63) is 45.2 Å². The first kappa shape index (κ1) is 16.0. The molecule has 9 heteroatoms. The first-order valence-corrected chi connectivity index (χ1v) is 6.47. The summed E-state index contributed by atoms with van der Waals surface area (Å²) in [6, 6.07) is 3.26. The molecule has 2 aromatic rings. The fourth-order valence-corrected chi connectivity index (χ4v) is 1.97. The minimum absolute atomic E-state index is 0.0251. The molecule has 0 bridgehead atoms. The van der Waals surface area contributed by atoms with Crippen molar-refractivity contribution in [2.24, 2.45) is 0 Å². The van der Waals surface area contributed by atoms with Gasteiger partial charge in [0.25, 0.3) is 0 Å². The van der Waals surface area contributed by atoms with Crippen LogP contribution in [0.4, 0.5) is 18.9 Å². The number of alkyl halides is 3. The third kappa shape index (κ3) is 3.64. The van der Waals surface area contributed by atoms with E-state index in [-0.39, 0.29) is 32.3 Å². The number of rotatable bonds is 2. The van der Waals surface area contributed by atoms with Gasteiger partial charge >= 0.3 is 6.18 Å². The van der Waals surface area contributed by atoms with Gasteiger partial charge in [0.1, 0.15) is 11.4 Å². The van der Waals surface area contributed by atoms with E-state index < -0.39 is 11.9 Å². The maximum atomic E-state index is 12.6. The third-order valence-corrected chi connectivity index (χ3v) is 3.40. The van der Waals surface area contributed by atoms with Crippen molar-refractivity contribution >= 4 is 40.5 Å². The van der Waals surface area contributed by atoms with Gasteiger partial charge in [0.05, 0.1) is 27.0 Å². The summed E-state index contributed by atoms with van der Waals surface area (Å²) in [4.78, 5) is 3.20. The van der Waals surface area contributed by atoms with Crippen molar-refractivity contribution in [3.63, 3.8) is 0 Å². The number of pyridine rings is 1. The zero-order valence-electron chi connectivity index (χ0n) is 10.0. The second-order valence-corrected chi connectivity index (χ2v) is 5.13. The smallest absolute Gasteiger partial charge is 0.433 e. The zero-order valence-corrected chi connectivity index (χ0v) is 12.3. The van der Waals surface area contributed by atoms with Gasteiger partial charge in [0, 0.05) is 12.1 Å². The Labute approximate surface area is 132 Å². The van der Waals surface area contributed by atoms with E-state index in [4.69, 9.17) is 45.3 Å². The fraction of sp³-hybridized carbons (Fsp3) is 0.0833. The molecule has 0 saturated heterocycles. The molecule has 0 unspecified atom stereocenters. The van der Waals surface area contributed by atoms with E-state index in [9.17, 15) is 13.2 Å². The third-order valence-electron chi connectivity index (χ3n) is 2.38. The van der Waals surface area contributed by atoms with E-state index >= 15 is 0 Å². The van der Waals surface area contributed by atoms with Crippen LogP contribution in [0.25, 0.3) is 0 Å². The number of halogens is 6. The van der Waals surface area contributed by atoms with Crippen LogP contribution in [0.5, 0.6) is 11.5 Å². The molecule has 1 aromatic carbocycles. The Morgan fingerprint density at radius 2 is 1.57 bits per heavy atom. The van der Waals surface area contributed by atoms with Gasteiger partial charge in [-0.05, 0) is 6.07 Å². The van der Waals surface area contributed by atoms with E-state index in [1.807, 2.05) is 0 Å². The molecule has 0 fully saturated rings. The molecule has 0 spiro atoms. The molecule has 0 radical (unpaired) electrons. The highest BCUT2D eigenvalue weighted by molar-refractivity contribution is 6.43. The molecular weight excluding hydrogens is 351 g/mol. The SMILES string of the molecule is Nc1cnc(C(F)(F)F)cc1Oc1cc(Cl)c(Cl)cc1Cl.